The van der Waals surface area contributed by atoms with Crippen LogP contribution in [0.3, 0.4) is 0 Å². The third kappa shape index (κ3) is 8.69. The minimum absolute atomic E-state index is 0.0364. The van der Waals surface area contributed by atoms with Crippen molar-refractivity contribution in [3.05, 3.63) is 63.8 Å². The molecule has 3 saturated heterocycles. The highest BCUT2D eigenvalue weighted by Crippen LogP contribution is 2.34. The van der Waals surface area contributed by atoms with Crippen molar-refractivity contribution in [3.63, 3.8) is 0 Å². The molecule has 8 rings (SSSR count). The van der Waals surface area contributed by atoms with Crippen LogP contribution in [0.25, 0.3) is 21.9 Å². The fraction of sp³-hybridized carbons (Fsp3) is 0.476. The fourth-order valence-electron chi connectivity index (χ4n) is 8.71. The van der Waals surface area contributed by atoms with Gasteiger partial charge in [-0.1, -0.05) is 11.6 Å². The van der Waals surface area contributed by atoms with Crippen LogP contribution in [0, 0.1) is 5.92 Å². The number of likely N-dealkylation sites (N-methyl/N-ethyl adjacent to an activating group) is 1. The number of nitrogens with one attached hydrogen (secondary N) is 3. The molecule has 7 heterocycles. The zero-order valence-corrected chi connectivity index (χ0v) is 35.5. The first kappa shape index (κ1) is 41.9. The van der Waals surface area contributed by atoms with E-state index in [2.05, 4.69) is 53.9 Å². The van der Waals surface area contributed by atoms with E-state index < -0.39 is 5.92 Å². The molecule has 3 fully saturated rings. The Morgan fingerprint density at radius 1 is 1.05 bits per heavy atom. The number of aryl methyl sites for hydroxylation is 1. The van der Waals surface area contributed by atoms with E-state index in [1.165, 1.54) is 11.6 Å². The van der Waals surface area contributed by atoms with Gasteiger partial charge in [0.15, 0.2) is 18.2 Å². The molecule has 0 aliphatic carbocycles. The maximum atomic E-state index is 13.2. The maximum Gasteiger partial charge on any atom is 0.294 e. The van der Waals surface area contributed by atoms with Gasteiger partial charge in [-0.2, -0.15) is 10.1 Å². The van der Waals surface area contributed by atoms with Gasteiger partial charge in [0.2, 0.25) is 17.8 Å². The molecular weight excluding hydrogens is 804 g/mol. The minimum Gasteiger partial charge on any atom is -0.478 e. The van der Waals surface area contributed by atoms with Gasteiger partial charge in [-0.25, -0.2) is 9.97 Å². The summed E-state index contributed by atoms with van der Waals surface area (Å²) in [6, 6.07) is 9.26. The number of aliphatic hydroxyl groups is 1. The molecule has 0 spiro atoms. The summed E-state index contributed by atoms with van der Waals surface area (Å²) in [7, 11) is 3.39. The van der Waals surface area contributed by atoms with Crippen molar-refractivity contribution in [2.24, 2.45) is 13.0 Å². The van der Waals surface area contributed by atoms with E-state index in [1.807, 2.05) is 36.5 Å². The molecule has 0 saturated carbocycles. The van der Waals surface area contributed by atoms with Crippen molar-refractivity contribution in [1.82, 2.24) is 44.8 Å². The number of amides is 3. The third-order valence-electron chi connectivity index (χ3n) is 12.0. The number of anilines is 4. The Labute approximate surface area is 357 Å². The Morgan fingerprint density at radius 2 is 1.85 bits per heavy atom. The van der Waals surface area contributed by atoms with E-state index in [1.54, 1.807) is 18.5 Å². The number of fused-ring (bicyclic) bond motifs is 2. The van der Waals surface area contributed by atoms with Gasteiger partial charge < -0.3 is 30.3 Å². The van der Waals surface area contributed by atoms with Gasteiger partial charge in [0, 0.05) is 82.3 Å². The van der Waals surface area contributed by atoms with Crippen LogP contribution in [0.5, 0.6) is 5.75 Å². The molecule has 1 aromatic carbocycles. The lowest BCUT2D eigenvalue weighted by atomic mass is 9.92. The first-order chi connectivity index (χ1) is 29.4. The molecule has 5 aromatic rings. The lowest BCUT2D eigenvalue weighted by Gasteiger charge is -2.43. The molecule has 322 valence electrons. The molecule has 4 N–H and O–H groups in total. The number of benzene rings is 1. The second-order valence-electron chi connectivity index (χ2n) is 16.3. The van der Waals surface area contributed by atoms with Crippen molar-refractivity contribution < 1.29 is 24.2 Å². The second-order valence-corrected chi connectivity index (χ2v) is 16.7. The molecule has 2 atom stereocenters. The normalized spacial score (nSPS) is 19.2. The zero-order chi connectivity index (χ0) is 42.9. The van der Waals surface area contributed by atoms with Crippen LogP contribution in [0.2, 0.25) is 5.02 Å². The summed E-state index contributed by atoms with van der Waals surface area (Å²) in [4.78, 5) is 70.2. The largest absolute Gasteiger partial charge is 0.478 e. The molecule has 4 aromatic heterocycles. The first-order valence-corrected chi connectivity index (χ1v) is 21.1. The molecule has 3 amide bonds. The molecule has 0 radical (unpaired) electrons. The lowest BCUT2D eigenvalue weighted by Crippen LogP contribution is -2.56. The van der Waals surface area contributed by atoms with Crippen LogP contribution in [0.15, 0.2) is 47.5 Å². The number of hydrogen-bond donors (Lipinski definition) is 4. The van der Waals surface area contributed by atoms with Gasteiger partial charge in [0.25, 0.3) is 11.5 Å². The van der Waals surface area contributed by atoms with Crippen LogP contribution < -0.4 is 36.0 Å². The van der Waals surface area contributed by atoms with Crippen LogP contribution in [-0.2, 0) is 21.4 Å². The predicted molar refractivity (Wildman–Crippen MR) is 232 cm³/mol. The molecule has 61 heavy (non-hydrogen) atoms. The lowest BCUT2D eigenvalue weighted by molar-refractivity contribution is -0.134. The summed E-state index contributed by atoms with van der Waals surface area (Å²) in [5.41, 5.74) is 3.46. The Balaban J connectivity index is 0.893. The topological polar surface area (TPSA) is 205 Å². The number of aliphatic hydroxyl groups excluding tert-OH is 1. The first-order valence-electron chi connectivity index (χ1n) is 20.7. The molecule has 3 aliphatic heterocycles. The Bertz CT molecular complexity index is 2540. The highest BCUT2D eigenvalue weighted by molar-refractivity contribution is 6.33. The summed E-state index contributed by atoms with van der Waals surface area (Å²) in [5.74, 6) is 0.0488. The van der Waals surface area contributed by atoms with Gasteiger partial charge in [0.05, 0.1) is 47.9 Å². The zero-order valence-electron chi connectivity index (χ0n) is 34.7. The minimum atomic E-state index is -0.433. The maximum absolute atomic E-state index is 13.2. The van der Waals surface area contributed by atoms with E-state index in [-0.39, 0.29) is 54.3 Å². The summed E-state index contributed by atoms with van der Waals surface area (Å²) in [6.45, 7) is 8.22. The average molecular weight is 855 g/mol. The second kappa shape index (κ2) is 17.6. The van der Waals surface area contributed by atoms with Gasteiger partial charge in [0.1, 0.15) is 10.7 Å². The highest BCUT2D eigenvalue weighted by Gasteiger charge is 2.33. The number of piperidine rings is 2. The molecule has 19 heteroatoms. The van der Waals surface area contributed by atoms with Gasteiger partial charge in [-0.15, -0.1) is 0 Å². The summed E-state index contributed by atoms with van der Waals surface area (Å²) in [6.07, 6.45) is 5.99. The van der Waals surface area contributed by atoms with Crippen LogP contribution in [0.4, 0.5) is 23.1 Å². The molecule has 0 bridgehead atoms. The number of carbonyl (C=O) groups is 3. The van der Waals surface area contributed by atoms with E-state index in [0.29, 0.717) is 65.4 Å². The SMILES string of the molecule is CNC(=O)COc1cc2cc(Nc3nc(N4CCN(CC5CCN(c6ccc7c(C8CCC(=O)NC8=O)nn(C)c7c6)CC5)CC4CO)ncc3Cl)cnc2n(C(C)C)c1=O. The van der Waals surface area contributed by atoms with E-state index in [0.717, 1.165) is 61.3 Å². The Kier molecular flexibility index (Phi) is 12.1. The fourth-order valence-corrected chi connectivity index (χ4v) is 8.85. The number of halogens is 1. The van der Waals surface area contributed by atoms with Gasteiger partial charge in [-0.05, 0) is 69.4 Å². The predicted octanol–water partition coefficient (Wildman–Crippen LogP) is 3.10. The smallest absolute Gasteiger partial charge is 0.294 e. The number of ether oxygens (including phenoxy) is 1. The van der Waals surface area contributed by atoms with E-state index in [9.17, 15) is 24.3 Å². The van der Waals surface area contributed by atoms with Crippen LogP contribution >= 0.6 is 11.6 Å². The number of nitrogens with zero attached hydrogens (tertiary/aromatic N) is 9. The van der Waals surface area contributed by atoms with Crippen LogP contribution in [-0.4, -0.2) is 123 Å². The number of piperazine rings is 1. The summed E-state index contributed by atoms with van der Waals surface area (Å²) >= 11 is 6.61. The number of pyridine rings is 2. The van der Waals surface area contributed by atoms with E-state index in [4.69, 9.17) is 26.4 Å². The number of carbonyl (C=O) groups excluding carboxylic acids is 3. The van der Waals surface area contributed by atoms with Crippen LogP contribution in [0.1, 0.15) is 57.2 Å². The average Bonchev–Trinajstić information content (AvgIpc) is 3.58. The van der Waals surface area contributed by atoms with Crippen molar-refractivity contribution >= 4 is 74.4 Å². The van der Waals surface area contributed by atoms with Crippen molar-refractivity contribution in [3.8, 4) is 5.75 Å². The highest BCUT2D eigenvalue weighted by atomic mass is 35.5. The molecule has 18 nitrogen and oxygen atoms in total. The number of aromatic nitrogens is 6. The van der Waals surface area contributed by atoms with Gasteiger partial charge in [-0.3, -0.25) is 38.6 Å². The third-order valence-corrected chi connectivity index (χ3v) is 12.2. The molecule has 2 unspecified atom stereocenters. The Morgan fingerprint density at radius 3 is 2.59 bits per heavy atom. The Hall–Kier alpha value is -5.85. The van der Waals surface area contributed by atoms with Gasteiger partial charge >= 0.3 is 0 Å². The summed E-state index contributed by atoms with van der Waals surface area (Å²) in [5, 5.41) is 25.3. The molecule has 3 aliphatic rings. The number of rotatable bonds is 12. The summed E-state index contributed by atoms with van der Waals surface area (Å²) < 4.78 is 8.95. The standard InChI is InChI=1S/C42H51ClN12O6/c1-24(2)55-39-26(16-34(41(55)60)61-23-36(58)44-3)15-27(18-45-39)47-38-32(43)19-46-42(49-38)54-14-13-52(21-29(54)22-56)20-25-9-11-53(12-10-25)28-5-6-30-33(17-28)51(4)50-37(30)31-7-8-35(57)48-40(31)59/h5-6,15-19,24-25,29,31,56H,7-14,20-23H2,1-4H3,(H,44,58)(H,46,47,49)(H,48,57,59). The van der Waals surface area contributed by atoms with Crippen molar-refractivity contribution in [2.75, 3.05) is 74.6 Å². The monoisotopic (exact) mass is 854 g/mol. The quantitative estimate of drug-likeness (QED) is 0.133. The van der Waals surface area contributed by atoms with E-state index >= 15 is 0 Å². The number of imide groups is 1. The molecular formula is C42H51ClN12O6. The number of hydrogen-bond acceptors (Lipinski definition) is 14. The van der Waals surface area contributed by atoms with Crippen molar-refractivity contribution in [1.29, 1.82) is 0 Å². The van der Waals surface area contributed by atoms with Crippen molar-refractivity contribution in [2.45, 2.75) is 57.5 Å².